The van der Waals surface area contributed by atoms with Crippen molar-refractivity contribution in [2.75, 3.05) is 51.3 Å². The number of piperidine rings is 2. The standard InChI is InChI=1S/C19H31N5O2/c1-15-18(21-8-7-20-15)23-11-5-17(6-12-23)24-10-3-4-16(14-24)19(25)22-9-13-26-2/h7-8,16-17H,3-6,9-14H2,1-2H3,(H,22,25)/t16-/m0/s1. The van der Waals surface area contributed by atoms with Crippen molar-refractivity contribution < 1.29 is 9.53 Å². The van der Waals surface area contributed by atoms with Gasteiger partial charge in [-0.1, -0.05) is 0 Å². The van der Waals surface area contributed by atoms with Gasteiger partial charge in [0.25, 0.3) is 0 Å². The monoisotopic (exact) mass is 361 g/mol. The van der Waals surface area contributed by atoms with Crippen molar-refractivity contribution in [1.29, 1.82) is 0 Å². The Morgan fingerprint density at radius 2 is 2.00 bits per heavy atom. The number of hydrogen-bond acceptors (Lipinski definition) is 6. The molecule has 1 N–H and O–H groups in total. The molecule has 0 aromatic carbocycles. The molecular weight excluding hydrogens is 330 g/mol. The molecule has 144 valence electrons. The first-order chi connectivity index (χ1) is 12.7. The maximum atomic E-state index is 12.4. The van der Waals surface area contributed by atoms with Gasteiger partial charge in [0.1, 0.15) is 5.82 Å². The molecular formula is C19H31N5O2. The zero-order valence-electron chi connectivity index (χ0n) is 16.0. The molecule has 2 fully saturated rings. The van der Waals surface area contributed by atoms with E-state index in [2.05, 4.69) is 25.1 Å². The number of nitrogens with zero attached hydrogens (tertiary/aromatic N) is 4. The van der Waals surface area contributed by atoms with Crippen LogP contribution in [0.1, 0.15) is 31.4 Å². The summed E-state index contributed by atoms with van der Waals surface area (Å²) in [5.41, 5.74) is 0.997. The van der Waals surface area contributed by atoms with Crippen LogP contribution in [0.2, 0.25) is 0 Å². The summed E-state index contributed by atoms with van der Waals surface area (Å²) in [6.45, 7) is 7.19. The second kappa shape index (κ2) is 9.28. The number of anilines is 1. The van der Waals surface area contributed by atoms with Crippen LogP contribution in [-0.4, -0.2) is 73.3 Å². The van der Waals surface area contributed by atoms with E-state index in [-0.39, 0.29) is 11.8 Å². The number of hydrogen-bond donors (Lipinski definition) is 1. The van der Waals surface area contributed by atoms with Gasteiger partial charge in [-0.3, -0.25) is 14.7 Å². The van der Waals surface area contributed by atoms with Gasteiger partial charge < -0.3 is 15.0 Å². The highest BCUT2D eigenvalue weighted by Crippen LogP contribution is 2.26. The highest BCUT2D eigenvalue weighted by molar-refractivity contribution is 5.78. The van der Waals surface area contributed by atoms with Gasteiger partial charge in [-0.25, -0.2) is 4.98 Å². The van der Waals surface area contributed by atoms with Crippen molar-refractivity contribution in [3.05, 3.63) is 18.1 Å². The maximum Gasteiger partial charge on any atom is 0.224 e. The summed E-state index contributed by atoms with van der Waals surface area (Å²) in [4.78, 5) is 26.1. The SMILES string of the molecule is COCCNC(=O)[C@H]1CCCN(C2CCN(c3nccnc3C)CC2)C1. The van der Waals surface area contributed by atoms with Gasteiger partial charge in [-0.2, -0.15) is 0 Å². The molecule has 1 aromatic heterocycles. The largest absolute Gasteiger partial charge is 0.383 e. The Labute approximate surface area is 156 Å². The number of nitrogens with one attached hydrogen (secondary N) is 1. The molecule has 0 aliphatic carbocycles. The fourth-order valence-corrected chi connectivity index (χ4v) is 4.13. The van der Waals surface area contributed by atoms with E-state index < -0.39 is 0 Å². The number of aryl methyl sites for hydroxylation is 1. The van der Waals surface area contributed by atoms with Crippen molar-refractivity contribution in [3.8, 4) is 0 Å². The molecule has 2 saturated heterocycles. The number of rotatable bonds is 6. The number of aromatic nitrogens is 2. The van der Waals surface area contributed by atoms with Crippen molar-refractivity contribution in [2.24, 2.45) is 5.92 Å². The summed E-state index contributed by atoms with van der Waals surface area (Å²) in [7, 11) is 1.66. The van der Waals surface area contributed by atoms with E-state index in [1.807, 2.05) is 6.92 Å². The molecule has 0 spiro atoms. The van der Waals surface area contributed by atoms with Crippen LogP contribution < -0.4 is 10.2 Å². The number of carbonyl (C=O) groups excluding carboxylic acids is 1. The van der Waals surface area contributed by atoms with Crippen molar-refractivity contribution in [3.63, 3.8) is 0 Å². The van der Waals surface area contributed by atoms with Crippen LogP contribution in [0.25, 0.3) is 0 Å². The van der Waals surface area contributed by atoms with Crippen LogP contribution in [0.3, 0.4) is 0 Å². The zero-order chi connectivity index (χ0) is 18.4. The summed E-state index contributed by atoms with van der Waals surface area (Å²) >= 11 is 0. The Balaban J connectivity index is 1.49. The molecule has 7 nitrogen and oxygen atoms in total. The zero-order valence-corrected chi connectivity index (χ0v) is 16.0. The lowest BCUT2D eigenvalue weighted by Crippen LogP contribution is -2.51. The van der Waals surface area contributed by atoms with Crippen LogP contribution in [-0.2, 0) is 9.53 Å². The number of methoxy groups -OCH3 is 1. The van der Waals surface area contributed by atoms with Crippen LogP contribution in [0, 0.1) is 12.8 Å². The van der Waals surface area contributed by atoms with Gasteiger partial charge in [0.2, 0.25) is 5.91 Å². The number of carbonyl (C=O) groups is 1. The molecule has 0 saturated carbocycles. The summed E-state index contributed by atoms with van der Waals surface area (Å²) in [6.07, 6.45) is 7.85. The van der Waals surface area contributed by atoms with E-state index in [4.69, 9.17) is 4.74 Å². The van der Waals surface area contributed by atoms with Gasteiger partial charge in [0.15, 0.2) is 0 Å². The summed E-state index contributed by atoms with van der Waals surface area (Å²) < 4.78 is 5.01. The molecule has 1 aromatic rings. The van der Waals surface area contributed by atoms with E-state index in [1.54, 1.807) is 19.5 Å². The minimum Gasteiger partial charge on any atom is -0.383 e. The van der Waals surface area contributed by atoms with E-state index in [9.17, 15) is 4.79 Å². The van der Waals surface area contributed by atoms with Gasteiger partial charge in [0.05, 0.1) is 18.2 Å². The lowest BCUT2D eigenvalue weighted by molar-refractivity contribution is -0.127. The van der Waals surface area contributed by atoms with Crippen LogP contribution in [0.15, 0.2) is 12.4 Å². The molecule has 26 heavy (non-hydrogen) atoms. The highest BCUT2D eigenvalue weighted by Gasteiger charge is 2.32. The molecule has 0 unspecified atom stereocenters. The van der Waals surface area contributed by atoms with Crippen LogP contribution >= 0.6 is 0 Å². The first-order valence-electron chi connectivity index (χ1n) is 9.72. The average Bonchev–Trinajstić information content (AvgIpc) is 2.69. The Morgan fingerprint density at radius 1 is 1.23 bits per heavy atom. The van der Waals surface area contributed by atoms with Gasteiger partial charge in [0, 0.05) is 51.7 Å². The topological polar surface area (TPSA) is 70.6 Å². The molecule has 3 rings (SSSR count). The average molecular weight is 361 g/mol. The summed E-state index contributed by atoms with van der Waals surface area (Å²) in [5, 5.41) is 3.00. The van der Waals surface area contributed by atoms with Gasteiger partial charge >= 0.3 is 0 Å². The molecule has 1 atom stereocenters. The first kappa shape index (κ1) is 19.0. The quantitative estimate of drug-likeness (QED) is 0.769. The molecule has 2 aliphatic heterocycles. The summed E-state index contributed by atoms with van der Waals surface area (Å²) in [6, 6.07) is 0.567. The lowest BCUT2D eigenvalue weighted by Gasteiger charge is -2.42. The van der Waals surface area contributed by atoms with Crippen molar-refractivity contribution >= 4 is 11.7 Å². The first-order valence-corrected chi connectivity index (χ1v) is 9.72. The fraction of sp³-hybridized carbons (Fsp3) is 0.737. The van der Waals surface area contributed by atoms with Crippen molar-refractivity contribution in [1.82, 2.24) is 20.2 Å². The number of amides is 1. The van der Waals surface area contributed by atoms with Crippen LogP contribution in [0.5, 0.6) is 0 Å². The number of likely N-dealkylation sites (tertiary alicyclic amines) is 1. The Bertz CT molecular complexity index is 589. The van der Waals surface area contributed by atoms with E-state index in [0.717, 1.165) is 63.4 Å². The maximum absolute atomic E-state index is 12.4. The van der Waals surface area contributed by atoms with E-state index in [0.29, 0.717) is 19.2 Å². The normalized spacial score (nSPS) is 22.4. The Hall–Kier alpha value is -1.73. The predicted molar refractivity (Wildman–Crippen MR) is 101 cm³/mol. The molecule has 0 bridgehead atoms. The Kier molecular flexibility index (Phi) is 6.80. The van der Waals surface area contributed by atoms with E-state index in [1.165, 1.54) is 0 Å². The van der Waals surface area contributed by atoms with E-state index >= 15 is 0 Å². The van der Waals surface area contributed by atoms with Gasteiger partial charge in [-0.05, 0) is 39.2 Å². The number of ether oxygens (including phenoxy) is 1. The minimum atomic E-state index is 0.112. The Morgan fingerprint density at radius 3 is 2.73 bits per heavy atom. The van der Waals surface area contributed by atoms with Crippen molar-refractivity contribution in [2.45, 2.75) is 38.6 Å². The highest BCUT2D eigenvalue weighted by atomic mass is 16.5. The van der Waals surface area contributed by atoms with Crippen LogP contribution in [0.4, 0.5) is 5.82 Å². The second-order valence-electron chi connectivity index (χ2n) is 7.30. The lowest BCUT2D eigenvalue weighted by atomic mass is 9.93. The third-order valence-electron chi connectivity index (χ3n) is 5.56. The third kappa shape index (κ3) is 4.71. The minimum absolute atomic E-state index is 0.112. The van der Waals surface area contributed by atoms with Gasteiger partial charge in [-0.15, -0.1) is 0 Å². The fourth-order valence-electron chi connectivity index (χ4n) is 4.13. The second-order valence-corrected chi connectivity index (χ2v) is 7.30. The third-order valence-corrected chi connectivity index (χ3v) is 5.56. The predicted octanol–water partition coefficient (Wildman–Crippen LogP) is 1.23. The smallest absolute Gasteiger partial charge is 0.224 e. The summed E-state index contributed by atoms with van der Waals surface area (Å²) in [5.74, 6) is 1.31. The molecule has 1 amide bonds. The molecule has 2 aliphatic rings. The molecule has 3 heterocycles. The molecule has 0 radical (unpaired) electrons. The molecule has 7 heteroatoms.